The maximum atomic E-state index is 4.68. The fourth-order valence-electron chi connectivity index (χ4n) is 1.57. The van der Waals surface area contributed by atoms with E-state index in [-0.39, 0.29) is 0 Å². The third-order valence-electron chi connectivity index (χ3n) is 2.72. The zero-order chi connectivity index (χ0) is 12.4. The van der Waals surface area contributed by atoms with Gasteiger partial charge in [-0.15, -0.1) is 11.3 Å². The van der Waals surface area contributed by atoms with Crippen LogP contribution in [0.25, 0.3) is 11.3 Å². The normalized spacial score (nSPS) is 12.7. The van der Waals surface area contributed by atoms with E-state index in [0.717, 1.165) is 20.7 Å². The van der Waals surface area contributed by atoms with E-state index in [1.165, 1.54) is 5.56 Å². The molecular weight excluding hydrogens is 296 g/mol. The smallest absolute Gasteiger partial charge is 0.110 e. The Balaban J connectivity index is 2.40. The number of aromatic nitrogens is 1. The van der Waals surface area contributed by atoms with Gasteiger partial charge in [-0.1, -0.05) is 27.6 Å². The van der Waals surface area contributed by atoms with E-state index >= 15 is 0 Å². The molecule has 0 fully saturated rings. The molecule has 0 saturated heterocycles. The molecule has 2 rings (SSSR count). The van der Waals surface area contributed by atoms with Gasteiger partial charge in [-0.25, -0.2) is 4.98 Å². The maximum absolute atomic E-state index is 4.68. The van der Waals surface area contributed by atoms with E-state index in [4.69, 9.17) is 0 Å². The Morgan fingerprint density at radius 1 is 1.41 bits per heavy atom. The third kappa shape index (κ3) is 2.76. The molecule has 2 nitrogen and oxygen atoms in total. The summed E-state index contributed by atoms with van der Waals surface area (Å²) < 4.78 is 1.09. The van der Waals surface area contributed by atoms with Crippen molar-refractivity contribution in [1.29, 1.82) is 0 Å². The Bertz CT molecular complexity index is 522. The molecule has 0 radical (unpaired) electrons. The molecule has 1 aromatic heterocycles. The van der Waals surface area contributed by atoms with Crippen LogP contribution < -0.4 is 5.32 Å². The first kappa shape index (κ1) is 12.7. The lowest BCUT2D eigenvalue weighted by atomic mass is 10.1. The summed E-state index contributed by atoms with van der Waals surface area (Å²) in [5.41, 5.74) is 3.46. The predicted molar refractivity (Wildman–Crippen MR) is 77.5 cm³/mol. The highest BCUT2D eigenvalue weighted by atomic mass is 79.9. The average molecular weight is 311 g/mol. The Kier molecular flexibility index (Phi) is 3.97. The molecule has 4 heteroatoms. The zero-order valence-corrected chi connectivity index (χ0v) is 12.5. The van der Waals surface area contributed by atoms with Crippen molar-refractivity contribution in [2.75, 3.05) is 7.05 Å². The summed E-state index contributed by atoms with van der Waals surface area (Å²) in [6.45, 7) is 4.22. The summed E-state index contributed by atoms with van der Waals surface area (Å²) in [6.07, 6.45) is 0. The number of hydrogen-bond acceptors (Lipinski definition) is 3. The summed E-state index contributed by atoms with van der Waals surface area (Å²) in [6, 6.07) is 6.63. The van der Waals surface area contributed by atoms with Crippen molar-refractivity contribution >= 4 is 27.3 Å². The van der Waals surface area contributed by atoms with Gasteiger partial charge in [0.15, 0.2) is 0 Å². The van der Waals surface area contributed by atoms with Gasteiger partial charge in [-0.05, 0) is 33.0 Å². The lowest BCUT2D eigenvalue weighted by Gasteiger charge is -2.05. The molecule has 0 aliphatic heterocycles. The molecule has 0 bridgehead atoms. The molecule has 1 aromatic carbocycles. The summed E-state index contributed by atoms with van der Waals surface area (Å²) in [5, 5.41) is 6.44. The number of halogens is 1. The lowest BCUT2D eigenvalue weighted by molar-refractivity contribution is 0.648. The van der Waals surface area contributed by atoms with Crippen LogP contribution in [0, 0.1) is 6.92 Å². The zero-order valence-electron chi connectivity index (χ0n) is 10.1. The van der Waals surface area contributed by atoms with Crippen LogP contribution in [0.4, 0.5) is 0 Å². The van der Waals surface area contributed by atoms with Crippen LogP contribution in [0.2, 0.25) is 0 Å². The number of hydrogen-bond donors (Lipinski definition) is 1. The fraction of sp³-hybridized carbons (Fsp3) is 0.308. The highest BCUT2D eigenvalue weighted by molar-refractivity contribution is 9.10. The van der Waals surface area contributed by atoms with Gasteiger partial charge in [0.25, 0.3) is 0 Å². The molecule has 1 heterocycles. The summed E-state index contributed by atoms with van der Waals surface area (Å²) >= 11 is 5.28. The van der Waals surface area contributed by atoms with Gasteiger partial charge >= 0.3 is 0 Å². The molecule has 0 saturated carbocycles. The molecule has 1 unspecified atom stereocenters. The molecule has 0 amide bonds. The summed E-state index contributed by atoms with van der Waals surface area (Å²) in [7, 11) is 1.95. The van der Waals surface area contributed by atoms with E-state index in [2.05, 4.69) is 63.7 Å². The lowest BCUT2D eigenvalue weighted by Crippen LogP contribution is -2.11. The quantitative estimate of drug-likeness (QED) is 0.920. The minimum absolute atomic E-state index is 0.303. The van der Waals surface area contributed by atoms with E-state index in [9.17, 15) is 0 Å². The number of rotatable bonds is 3. The van der Waals surface area contributed by atoms with E-state index in [1.807, 2.05) is 7.05 Å². The second kappa shape index (κ2) is 5.29. The monoisotopic (exact) mass is 310 g/mol. The van der Waals surface area contributed by atoms with Gasteiger partial charge in [-0.3, -0.25) is 0 Å². The number of nitrogens with zero attached hydrogens (tertiary/aromatic N) is 1. The van der Waals surface area contributed by atoms with Crippen LogP contribution >= 0.6 is 27.3 Å². The van der Waals surface area contributed by atoms with Crippen LogP contribution in [0.1, 0.15) is 23.5 Å². The molecule has 1 atom stereocenters. The predicted octanol–water partition coefficient (Wildman–Crippen LogP) is 4.16. The highest BCUT2D eigenvalue weighted by Gasteiger charge is 2.11. The van der Waals surface area contributed by atoms with E-state index in [0.29, 0.717) is 6.04 Å². The SMILES string of the molecule is CNC(C)c1nc(-c2cc(C)ccc2Br)cs1. The van der Waals surface area contributed by atoms with Crippen LogP contribution in [0.15, 0.2) is 28.1 Å². The average Bonchev–Trinajstić information content (AvgIpc) is 2.80. The Labute approximate surface area is 114 Å². The maximum Gasteiger partial charge on any atom is 0.110 e. The van der Waals surface area contributed by atoms with Crippen molar-refractivity contribution in [3.05, 3.63) is 38.6 Å². The molecule has 0 aliphatic carbocycles. The van der Waals surface area contributed by atoms with Crippen molar-refractivity contribution in [2.45, 2.75) is 19.9 Å². The second-order valence-electron chi connectivity index (χ2n) is 4.06. The van der Waals surface area contributed by atoms with Crippen molar-refractivity contribution < 1.29 is 0 Å². The minimum Gasteiger partial charge on any atom is -0.311 e. The van der Waals surface area contributed by atoms with Gasteiger partial charge in [0, 0.05) is 15.4 Å². The number of benzene rings is 1. The molecular formula is C13H15BrN2S. The van der Waals surface area contributed by atoms with Crippen molar-refractivity contribution in [3.63, 3.8) is 0 Å². The first-order valence-electron chi connectivity index (χ1n) is 5.51. The van der Waals surface area contributed by atoms with Crippen molar-refractivity contribution in [3.8, 4) is 11.3 Å². The molecule has 17 heavy (non-hydrogen) atoms. The largest absolute Gasteiger partial charge is 0.311 e. The van der Waals surface area contributed by atoms with Crippen LogP contribution in [0.3, 0.4) is 0 Å². The van der Waals surface area contributed by atoms with Crippen LogP contribution in [0.5, 0.6) is 0 Å². The highest BCUT2D eigenvalue weighted by Crippen LogP contribution is 2.31. The topological polar surface area (TPSA) is 24.9 Å². The molecule has 90 valence electrons. The molecule has 0 aliphatic rings. The minimum atomic E-state index is 0.303. The summed E-state index contributed by atoms with van der Waals surface area (Å²) in [4.78, 5) is 4.68. The standard InChI is InChI=1S/C13H15BrN2S/c1-8-4-5-11(14)10(6-8)12-7-17-13(16-12)9(2)15-3/h4-7,9,15H,1-3H3. The van der Waals surface area contributed by atoms with Crippen molar-refractivity contribution in [2.24, 2.45) is 0 Å². The number of nitrogens with one attached hydrogen (secondary N) is 1. The number of aryl methyl sites for hydroxylation is 1. The first-order chi connectivity index (χ1) is 8.11. The van der Waals surface area contributed by atoms with Gasteiger partial charge in [-0.2, -0.15) is 0 Å². The molecule has 2 aromatic rings. The Morgan fingerprint density at radius 2 is 2.18 bits per heavy atom. The van der Waals surface area contributed by atoms with Gasteiger partial charge in [0.2, 0.25) is 0 Å². The van der Waals surface area contributed by atoms with E-state index < -0.39 is 0 Å². The fourth-order valence-corrected chi connectivity index (χ4v) is 2.90. The third-order valence-corrected chi connectivity index (χ3v) is 4.44. The van der Waals surface area contributed by atoms with Gasteiger partial charge in [0.05, 0.1) is 11.7 Å². The molecule has 0 spiro atoms. The Morgan fingerprint density at radius 3 is 2.88 bits per heavy atom. The first-order valence-corrected chi connectivity index (χ1v) is 7.18. The second-order valence-corrected chi connectivity index (χ2v) is 5.81. The van der Waals surface area contributed by atoms with Gasteiger partial charge < -0.3 is 5.32 Å². The number of thiazole rings is 1. The Hall–Kier alpha value is -0.710. The van der Waals surface area contributed by atoms with Crippen molar-refractivity contribution in [1.82, 2.24) is 10.3 Å². The van der Waals surface area contributed by atoms with E-state index in [1.54, 1.807) is 11.3 Å². The van der Waals surface area contributed by atoms with Crippen LogP contribution in [-0.2, 0) is 0 Å². The van der Waals surface area contributed by atoms with Crippen LogP contribution in [-0.4, -0.2) is 12.0 Å². The summed E-state index contributed by atoms with van der Waals surface area (Å²) in [5.74, 6) is 0. The van der Waals surface area contributed by atoms with Gasteiger partial charge in [0.1, 0.15) is 5.01 Å². The molecule has 1 N–H and O–H groups in total.